The fraction of sp³-hybridized carbons (Fsp3) is 0.810. The summed E-state index contributed by atoms with van der Waals surface area (Å²) >= 11 is 0. The maximum Gasteiger partial charge on any atom is 0.319 e. The number of hydrogen-bond acceptors (Lipinski definition) is 10. The Morgan fingerprint density at radius 3 is 1.77 bits per heavy atom. The zero-order valence-electron chi connectivity index (χ0n) is 19.6. The van der Waals surface area contributed by atoms with Crippen LogP contribution in [0.1, 0.15) is 40.5 Å². The molecule has 10 nitrogen and oxygen atoms in total. The number of nitrogens with one attached hydrogen (secondary N) is 1. The second kappa shape index (κ2) is 12.1. The van der Waals surface area contributed by atoms with Gasteiger partial charge in [-0.1, -0.05) is 0 Å². The van der Waals surface area contributed by atoms with E-state index in [0.717, 1.165) is 0 Å². The van der Waals surface area contributed by atoms with Gasteiger partial charge >= 0.3 is 17.9 Å². The van der Waals surface area contributed by atoms with Gasteiger partial charge in [0.1, 0.15) is 11.4 Å². The van der Waals surface area contributed by atoms with E-state index in [1.54, 1.807) is 20.8 Å². The third-order valence-electron chi connectivity index (χ3n) is 4.89. The monoisotopic (exact) mass is 443 g/mol. The minimum Gasteiger partial charge on any atom is -0.468 e. The standard InChI is InChI=1S/C21H37N3O7/c1-16(25)11-22-21(8-7-17(26)31-20(2,3)4)14-23(12-18(27)29-5)9-10-24(15-21)13-19(28)30-6/h22H,7-15H2,1-6H3. The van der Waals surface area contributed by atoms with Gasteiger partial charge in [-0.25, -0.2) is 0 Å². The second-order valence-electron chi connectivity index (χ2n) is 9.00. The normalized spacial score (nSPS) is 17.5. The molecule has 0 saturated carbocycles. The number of carbonyl (C=O) groups is 4. The smallest absolute Gasteiger partial charge is 0.319 e. The number of ether oxygens (including phenoxy) is 3. The Morgan fingerprint density at radius 1 is 0.903 bits per heavy atom. The van der Waals surface area contributed by atoms with Crippen LogP contribution in [0.25, 0.3) is 0 Å². The predicted molar refractivity (Wildman–Crippen MR) is 113 cm³/mol. The molecule has 1 N–H and O–H groups in total. The second-order valence-corrected chi connectivity index (χ2v) is 9.00. The van der Waals surface area contributed by atoms with E-state index in [0.29, 0.717) is 32.6 Å². The largest absolute Gasteiger partial charge is 0.468 e. The van der Waals surface area contributed by atoms with Crippen molar-refractivity contribution in [3.63, 3.8) is 0 Å². The van der Waals surface area contributed by atoms with Gasteiger partial charge in [0.2, 0.25) is 0 Å². The number of esters is 3. The minimum absolute atomic E-state index is 0.0556. The van der Waals surface area contributed by atoms with Crippen molar-refractivity contribution in [2.45, 2.75) is 51.7 Å². The van der Waals surface area contributed by atoms with Gasteiger partial charge in [-0.3, -0.25) is 29.0 Å². The number of nitrogens with zero attached hydrogens (tertiary/aromatic N) is 2. The van der Waals surface area contributed by atoms with Crippen LogP contribution in [0.15, 0.2) is 0 Å². The Balaban J connectivity index is 3.12. The number of methoxy groups -OCH3 is 2. The SMILES string of the molecule is COC(=O)CN1CCN(CC(=O)OC)CC(CCC(=O)OC(C)(C)C)(NCC(C)=O)C1. The summed E-state index contributed by atoms with van der Waals surface area (Å²) in [5, 5.41) is 3.29. The maximum absolute atomic E-state index is 12.4. The molecule has 0 bridgehead atoms. The van der Waals surface area contributed by atoms with E-state index in [-0.39, 0.29) is 49.7 Å². The van der Waals surface area contributed by atoms with Crippen LogP contribution >= 0.6 is 0 Å². The van der Waals surface area contributed by atoms with E-state index in [4.69, 9.17) is 14.2 Å². The van der Waals surface area contributed by atoms with Crippen LogP contribution in [-0.4, -0.2) is 105 Å². The summed E-state index contributed by atoms with van der Waals surface area (Å²) in [5.74, 6) is -1.16. The zero-order chi connectivity index (χ0) is 23.7. The Morgan fingerprint density at radius 2 is 1.39 bits per heavy atom. The average molecular weight is 444 g/mol. The quantitative estimate of drug-likeness (QED) is 0.365. The van der Waals surface area contributed by atoms with Crippen molar-refractivity contribution in [1.82, 2.24) is 15.1 Å². The molecular weight excluding hydrogens is 406 g/mol. The lowest BCUT2D eigenvalue weighted by Gasteiger charge is -2.38. The number of rotatable bonds is 10. The Labute approximate surface area is 184 Å². The van der Waals surface area contributed by atoms with Gasteiger partial charge in [0.05, 0.1) is 33.9 Å². The summed E-state index contributed by atoms with van der Waals surface area (Å²) in [6, 6.07) is 0. The molecule has 0 aromatic rings. The first-order valence-electron chi connectivity index (χ1n) is 10.4. The molecule has 0 spiro atoms. The van der Waals surface area contributed by atoms with E-state index in [9.17, 15) is 19.2 Å². The predicted octanol–water partition coefficient (Wildman–Crippen LogP) is -0.0107. The molecule has 1 aliphatic heterocycles. The zero-order valence-corrected chi connectivity index (χ0v) is 19.6. The summed E-state index contributed by atoms with van der Waals surface area (Å²) in [6.45, 7) is 8.95. The molecule has 1 rings (SSSR count). The molecule has 1 fully saturated rings. The van der Waals surface area contributed by atoms with Gasteiger partial charge in [0.25, 0.3) is 0 Å². The lowest BCUT2D eigenvalue weighted by Crippen LogP contribution is -2.59. The highest BCUT2D eigenvalue weighted by molar-refractivity contribution is 5.77. The fourth-order valence-electron chi connectivity index (χ4n) is 3.52. The van der Waals surface area contributed by atoms with Gasteiger partial charge < -0.3 is 19.5 Å². The lowest BCUT2D eigenvalue weighted by atomic mass is 9.91. The number of Topliss-reactive ketones (excluding diaryl/α,β-unsaturated/α-hetero) is 1. The van der Waals surface area contributed by atoms with E-state index in [1.807, 2.05) is 9.80 Å². The van der Waals surface area contributed by atoms with Crippen LogP contribution in [0.4, 0.5) is 0 Å². The molecule has 0 aromatic carbocycles. The van der Waals surface area contributed by atoms with E-state index < -0.39 is 11.1 Å². The van der Waals surface area contributed by atoms with Gasteiger partial charge in [0.15, 0.2) is 0 Å². The molecule has 0 aliphatic carbocycles. The maximum atomic E-state index is 12.4. The molecule has 1 heterocycles. The molecule has 0 atom stereocenters. The highest BCUT2D eigenvalue weighted by Crippen LogP contribution is 2.22. The van der Waals surface area contributed by atoms with Crippen LogP contribution in [0.2, 0.25) is 0 Å². The van der Waals surface area contributed by atoms with Crippen molar-refractivity contribution in [2.24, 2.45) is 0 Å². The summed E-state index contributed by atoms with van der Waals surface area (Å²) in [6.07, 6.45) is 0.491. The Hall–Kier alpha value is -2.04. The molecule has 10 heteroatoms. The first-order valence-corrected chi connectivity index (χ1v) is 10.4. The van der Waals surface area contributed by atoms with Crippen molar-refractivity contribution in [1.29, 1.82) is 0 Å². The fourth-order valence-corrected chi connectivity index (χ4v) is 3.52. The van der Waals surface area contributed by atoms with Crippen LogP contribution in [0, 0.1) is 0 Å². The highest BCUT2D eigenvalue weighted by atomic mass is 16.6. The molecule has 0 unspecified atom stereocenters. The van der Waals surface area contributed by atoms with Crippen LogP contribution in [0.5, 0.6) is 0 Å². The van der Waals surface area contributed by atoms with Crippen molar-refractivity contribution in [3.05, 3.63) is 0 Å². The third-order valence-corrected chi connectivity index (χ3v) is 4.89. The summed E-state index contributed by atoms with van der Waals surface area (Å²) in [5.41, 5.74) is -1.32. The van der Waals surface area contributed by atoms with E-state index in [1.165, 1.54) is 21.1 Å². The van der Waals surface area contributed by atoms with Crippen LogP contribution in [-0.2, 0) is 33.4 Å². The number of ketones is 1. The molecule has 0 aromatic heterocycles. The van der Waals surface area contributed by atoms with Crippen molar-refractivity contribution in [2.75, 3.05) is 60.0 Å². The Bertz CT molecular complexity index is 617. The Kier molecular flexibility index (Phi) is 10.5. The number of hydrogen-bond donors (Lipinski definition) is 1. The molecular formula is C21H37N3O7. The van der Waals surface area contributed by atoms with E-state index >= 15 is 0 Å². The molecule has 0 amide bonds. The van der Waals surface area contributed by atoms with Gasteiger partial charge in [-0.15, -0.1) is 0 Å². The van der Waals surface area contributed by atoms with Crippen molar-refractivity contribution >= 4 is 23.7 Å². The average Bonchev–Trinajstić information content (AvgIpc) is 2.83. The van der Waals surface area contributed by atoms with Crippen molar-refractivity contribution in [3.8, 4) is 0 Å². The van der Waals surface area contributed by atoms with Crippen LogP contribution in [0.3, 0.4) is 0 Å². The topological polar surface area (TPSA) is 114 Å². The van der Waals surface area contributed by atoms with Gasteiger partial charge in [-0.05, 0) is 34.1 Å². The summed E-state index contributed by atoms with van der Waals surface area (Å²) < 4.78 is 15.0. The molecule has 178 valence electrons. The van der Waals surface area contributed by atoms with Crippen molar-refractivity contribution < 1.29 is 33.4 Å². The van der Waals surface area contributed by atoms with E-state index in [2.05, 4.69) is 5.32 Å². The first kappa shape index (κ1) is 27.0. The molecule has 1 aliphatic rings. The summed E-state index contributed by atoms with van der Waals surface area (Å²) in [7, 11) is 2.65. The lowest BCUT2D eigenvalue weighted by molar-refractivity contribution is -0.155. The van der Waals surface area contributed by atoms with Gasteiger partial charge in [0, 0.05) is 38.1 Å². The molecule has 1 saturated heterocycles. The van der Waals surface area contributed by atoms with Crippen LogP contribution < -0.4 is 5.32 Å². The molecule has 0 radical (unpaired) electrons. The molecule has 31 heavy (non-hydrogen) atoms. The summed E-state index contributed by atoms with van der Waals surface area (Å²) in [4.78, 5) is 51.7. The third kappa shape index (κ3) is 10.7. The number of carbonyl (C=O) groups excluding carboxylic acids is 4. The minimum atomic E-state index is -0.721. The highest BCUT2D eigenvalue weighted by Gasteiger charge is 2.38. The van der Waals surface area contributed by atoms with Gasteiger partial charge in [-0.2, -0.15) is 0 Å². The first-order chi connectivity index (χ1) is 14.4.